The third kappa shape index (κ3) is 2.08. The summed E-state index contributed by atoms with van der Waals surface area (Å²) in [5.41, 5.74) is 0.130. The Morgan fingerprint density at radius 1 is 1.44 bits per heavy atom. The number of hydrogen-bond acceptors (Lipinski definition) is 7. The Balaban J connectivity index is 2.09. The molecule has 0 unspecified atom stereocenters. The summed E-state index contributed by atoms with van der Waals surface area (Å²) in [5.74, 6) is -0.0738. The highest BCUT2D eigenvalue weighted by atomic mass is 16.5. The van der Waals surface area contributed by atoms with Crippen molar-refractivity contribution in [1.82, 2.24) is 30.6 Å². The maximum Gasteiger partial charge on any atom is 0.278 e. The van der Waals surface area contributed by atoms with Crippen LogP contribution in [0.3, 0.4) is 0 Å². The quantitative estimate of drug-likeness (QED) is 0.699. The minimum absolute atomic E-state index is 0.0719. The van der Waals surface area contributed by atoms with Gasteiger partial charge in [-0.15, -0.1) is 5.10 Å². The smallest absolute Gasteiger partial charge is 0.278 e. The van der Waals surface area contributed by atoms with Gasteiger partial charge in [0, 0.05) is 0 Å². The number of carbonyl (C=O) groups is 1. The summed E-state index contributed by atoms with van der Waals surface area (Å²) in [6.45, 7) is 0. The minimum Gasteiger partial charge on any atom is -0.480 e. The van der Waals surface area contributed by atoms with Crippen molar-refractivity contribution in [2.45, 2.75) is 0 Å². The first-order chi connectivity index (χ1) is 7.79. The molecular formula is C7H7N7O2. The summed E-state index contributed by atoms with van der Waals surface area (Å²) in [6, 6.07) is 0. The lowest BCUT2D eigenvalue weighted by molar-refractivity contribution is 0.102. The average molecular weight is 221 g/mol. The molecule has 0 atom stereocenters. The zero-order valence-electron chi connectivity index (χ0n) is 8.21. The molecule has 0 saturated carbocycles. The second kappa shape index (κ2) is 4.29. The molecule has 9 nitrogen and oxygen atoms in total. The van der Waals surface area contributed by atoms with E-state index in [1.807, 2.05) is 0 Å². The molecule has 1 amide bonds. The van der Waals surface area contributed by atoms with Gasteiger partial charge < -0.3 is 4.74 Å². The fourth-order valence-electron chi connectivity index (χ4n) is 0.919. The lowest BCUT2D eigenvalue weighted by Crippen LogP contribution is -2.15. The van der Waals surface area contributed by atoms with Crippen LogP contribution in [-0.4, -0.2) is 43.6 Å². The number of ether oxygens (including phenoxy) is 1. The van der Waals surface area contributed by atoms with Crippen LogP contribution in [0.4, 0.5) is 5.95 Å². The van der Waals surface area contributed by atoms with E-state index in [-0.39, 0.29) is 11.6 Å². The number of nitrogens with one attached hydrogen (secondary N) is 2. The van der Waals surface area contributed by atoms with Gasteiger partial charge in [-0.1, -0.05) is 5.10 Å². The molecule has 16 heavy (non-hydrogen) atoms. The SMILES string of the molecule is COc1cnc(C(=O)Nc2nn[nH]n2)cn1. The molecule has 0 spiro atoms. The predicted octanol–water partition coefficient (Wildman–Crippen LogP) is -0.749. The monoisotopic (exact) mass is 221 g/mol. The van der Waals surface area contributed by atoms with Crippen LogP contribution in [0.25, 0.3) is 0 Å². The van der Waals surface area contributed by atoms with Gasteiger partial charge in [-0.3, -0.25) is 10.1 Å². The van der Waals surface area contributed by atoms with E-state index in [1.165, 1.54) is 19.5 Å². The zero-order chi connectivity index (χ0) is 11.4. The average Bonchev–Trinajstić information content (AvgIpc) is 2.82. The van der Waals surface area contributed by atoms with Gasteiger partial charge in [0.1, 0.15) is 5.69 Å². The Morgan fingerprint density at radius 3 is 2.88 bits per heavy atom. The Kier molecular flexibility index (Phi) is 2.67. The topological polar surface area (TPSA) is 119 Å². The van der Waals surface area contributed by atoms with E-state index in [0.29, 0.717) is 5.88 Å². The van der Waals surface area contributed by atoms with Gasteiger partial charge in [0.05, 0.1) is 19.5 Å². The van der Waals surface area contributed by atoms with Crippen LogP contribution >= 0.6 is 0 Å². The molecule has 2 N–H and O–H groups in total. The Labute approximate surface area is 89.3 Å². The summed E-state index contributed by atoms with van der Waals surface area (Å²) >= 11 is 0. The second-order valence-corrected chi connectivity index (χ2v) is 2.63. The number of amides is 1. The molecule has 0 aliphatic carbocycles. The summed E-state index contributed by atoms with van der Waals surface area (Å²) in [7, 11) is 1.46. The molecule has 2 heterocycles. The highest BCUT2D eigenvalue weighted by Crippen LogP contribution is 2.03. The van der Waals surface area contributed by atoms with Crippen molar-refractivity contribution in [3.05, 3.63) is 18.1 Å². The summed E-state index contributed by atoms with van der Waals surface area (Å²) in [6.07, 6.45) is 2.62. The van der Waals surface area contributed by atoms with E-state index < -0.39 is 5.91 Å². The molecule has 0 bridgehead atoms. The number of hydrogen-bond donors (Lipinski definition) is 2. The van der Waals surface area contributed by atoms with Crippen molar-refractivity contribution < 1.29 is 9.53 Å². The van der Waals surface area contributed by atoms with E-state index in [9.17, 15) is 4.79 Å². The van der Waals surface area contributed by atoms with Gasteiger partial charge in [0.15, 0.2) is 0 Å². The minimum atomic E-state index is -0.475. The van der Waals surface area contributed by atoms with Crippen molar-refractivity contribution in [2.75, 3.05) is 12.4 Å². The highest BCUT2D eigenvalue weighted by Gasteiger charge is 2.10. The van der Waals surface area contributed by atoms with Gasteiger partial charge in [-0.25, -0.2) is 9.97 Å². The molecular weight excluding hydrogens is 214 g/mol. The molecule has 0 aliphatic heterocycles. The zero-order valence-corrected chi connectivity index (χ0v) is 8.21. The number of anilines is 1. The van der Waals surface area contributed by atoms with Gasteiger partial charge in [-0.05, 0) is 5.21 Å². The summed E-state index contributed by atoms with van der Waals surface area (Å²) < 4.78 is 4.81. The van der Waals surface area contributed by atoms with Crippen molar-refractivity contribution in [2.24, 2.45) is 0 Å². The van der Waals surface area contributed by atoms with Gasteiger partial charge in [-0.2, -0.15) is 5.21 Å². The Bertz CT molecular complexity index is 466. The number of nitrogens with zero attached hydrogens (tertiary/aromatic N) is 5. The molecule has 82 valence electrons. The fraction of sp³-hybridized carbons (Fsp3) is 0.143. The van der Waals surface area contributed by atoms with E-state index in [0.717, 1.165) is 0 Å². The number of carbonyl (C=O) groups excluding carboxylic acids is 1. The van der Waals surface area contributed by atoms with Gasteiger partial charge >= 0.3 is 0 Å². The molecule has 9 heteroatoms. The molecule has 2 rings (SSSR count). The summed E-state index contributed by atoms with van der Waals surface area (Å²) in [5, 5.41) is 15.0. The maximum atomic E-state index is 11.5. The van der Waals surface area contributed by atoms with Crippen LogP contribution in [0, 0.1) is 0 Å². The third-order valence-electron chi connectivity index (χ3n) is 1.64. The first kappa shape index (κ1) is 9.96. The molecule has 0 radical (unpaired) electrons. The van der Waals surface area contributed by atoms with Crippen LogP contribution in [0.15, 0.2) is 12.4 Å². The van der Waals surface area contributed by atoms with E-state index in [2.05, 4.69) is 35.9 Å². The summed E-state index contributed by atoms with van der Waals surface area (Å²) in [4.78, 5) is 19.2. The molecule has 2 aromatic rings. The molecule has 0 saturated heterocycles. The normalized spacial score (nSPS) is 9.81. The first-order valence-electron chi connectivity index (χ1n) is 4.20. The molecule has 2 aromatic heterocycles. The predicted molar refractivity (Wildman–Crippen MR) is 50.7 cm³/mol. The lowest BCUT2D eigenvalue weighted by Gasteiger charge is -2.00. The second-order valence-electron chi connectivity index (χ2n) is 2.63. The van der Waals surface area contributed by atoms with E-state index in [1.54, 1.807) is 0 Å². The number of aromatic amines is 1. The standard InChI is InChI=1S/C7H7N7O2/c1-16-5-3-8-4(2-9-5)6(15)10-7-11-13-14-12-7/h2-3H,1H3,(H2,10,11,12,13,14,15). The highest BCUT2D eigenvalue weighted by molar-refractivity contribution is 6.01. The lowest BCUT2D eigenvalue weighted by atomic mass is 10.4. The van der Waals surface area contributed by atoms with Crippen molar-refractivity contribution in [3.63, 3.8) is 0 Å². The fourth-order valence-corrected chi connectivity index (χ4v) is 0.919. The largest absolute Gasteiger partial charge is 0.480 e. The molecule has 0 fully saturated rings. The van der Waals surface area contributed by atoms with Crippen LogP contribution in [0.2, 0.25) is 0 Å². The van der Waals surface area contributed by atoms with Crippen molar-refractivity contribution >= 4 is 11.9 Å². The maximum absolute atomic E-state index is 11.5. The number of H-pyrrole nitrogens is 1. The Morgan fingerprint density at radius 2 is 2.31 bits per heavy atom. The van der Waals surface area contributed by atoms with Gasteiger partial charge in [0.2, 0.25) is 5.88 Å². The van der Waals surface area contributed by atoms with E-state index in [4.69, 9.17) is 4.74 Å². The van der Waals surface area contributed by atoms with Crippen LogP contribution in [0.1, 0.15) is 10.5 Å². The van der Waals surface area contributed by atoms with Crippen LogP contribution < -0.4 is 10.1 Å². The van der Waals surface area contributed by atoms with Crippen molar-refractivity contribution in [3.8, 4) is 5.88 Å². The molecule has 0 aromatic carbocycles. The van der Waals surface area contributed by atoms with Crippen molar-refractivity contribution in [1.29, 1.82) is 0 Å². The van der Waals surface area contributed by atoms with E-state index >= 15 is 0 Å². The Hall–Kier alpha value is -2.58. The van der Waals surface area contributed by atoms with Crippen LogP contribution in [-0.2, 0) is 0 Å². The number of tetrazole rings is 1. The van der Waals surface area contributed by atoms with Crippen LogP contribution in [0.5, 0.6) is 5.88 Å². The number of aromatic nitrogens is 6. The first-order valence-corrected chi connectivity index (χ1v) is 4.20. The third-order valence-corrected chi connectivity index (χ3v) is 1.64. The van der Waals surface area contributed by atoms with Gasteiger partial charge in [0.25, 0.3) is 11.9 Å². The number of rotatable bonds is 3. The number of methoxy groups -OCH3 is 1. The molecule has 0 aliphatic rings.